The molecule has 27 heavy (non-hydrogen) atoms. The molecular formula is C20H23N3O4. The molecule has 7 nitrogen and oxygen atoms in total. The zero-order chi connectivity index (χ0) is 19.2. The minimum atomic E-state index is -0.391. The van der Waals surface area contributed by atoms with E-state index in [4.69, 9.17) is 9.47 Å². The summed E-state index contributed by atoms with van der Waals surface area (Å²) in [6, 6.07) is 12.3. The first-order valence-corrected chi connectivity index (χ1v) is 8.75. The van der Waals surface area contributed by atoms with Crippen molar-refractivity contribution in [2.24, 2.45) is 0 Å². The molecule has 2 aromatic carbocycles. The first kappa shape index (κ1) is 18.6. The maximum Gasteiger partial charge on any atom is 0.323 e. The van der Waals surface area contributed by atoms with Gasteiger partial charge in [-0.3, -0.25) is 4.79 Å². The van der Waals surface area contributed by atoms with Gasteiger partial charge in [0.2, 0.25) is 5.91 Å². The summed E-state index contributed by atoms with van der Waals surface area (Å²) in [5.74, 6) is 1.17. The van der Waals surface area contributed by atoms with Crippen LogP contribution < -0.4 is 25.4 Å². The number of amides is 3. The molecule has 0 heterocycles. The lowest BCUT2D eigenvalue weighted by Crippen LogP contribution is -2.26. The van der Waals surface area contributed by atoms with E-state index in [2.05, 4.69) is 16.0 Å². The molecule has 1 fully saturated rings. The number of urea groups is 1. The van der Waals surface area contributed by atoms with Crippen molar-refractivity contribution in [2.75, 3.05) is 24.9 Å². The number of anilines is 2. The molecule has 142 valence electrons. The van der Waals surface area contributed by atoms with Crippen molar-refractivity contribution in [2.45, 2.75) is 25.3 Å². The summed E-state index contributed by atoms with van der Waals surface area (Å²) in [6.07, 6.45) is 2.48. The van der Waals surface area contributed by atoms with Gasteiger partial charge in [0.1, 0.15) is 11.5 Å². The van der Waals surface area contributed by atoms with E-state index in [9.17, 15) is 9.59 Å². The van der Waals surface area contributed by atoms with Crippen LogP contribution in [0.2, 0.25) is 0 Å². The van der Waals surface area contributed by atoms with Crippen LogP contribution in [0, 0.1) is 0 Å². The predicted molar refractivity (Wildman–Crippen MR) is 103 cm³/mol. The van der Waals surface area contributed by atoms with Gasteiger partial charge in [0.25, 0.3) is 0 Å². The zero-order valence-corrected chi connectivity index (χ0v) is 15.4. The van der Waals surface area contributed by atoms with Gasteiger partial charge in [0.05, 0.1) is 26.3 Å². The van der Waals surface area contributed by atoms with E-state index < -0.39 is 6.03 Å². The van der Waals surface area contributed by atoms with Gasteiger partial charge in [-0.05, 0) is 42.7 Å². The first-order valence-electron chi connectivity index (χ1n) is 8.75. The number of ether oxygens (including phenoxy) is 2. The van der Waals surface area contributed by atoms with Crippen molar-refractivity contribution in [3.63, 3.8) is 0 Å². The number of carbonyl (C=O) groups excluding carboxylic acids is 2. The molecule has 1 aliphatic carbocycles. The highest BCUT2D eigenvalue weighted by molar-refractivity contribution is 6.00. The smallest absolute Gasteiger partial charge is 0.323 e. The third-order valence-electron chi connectivity index (χ3n) is 4.18. The van der Waals surface area contributed by atoms with Crippen molar-refractivity contribution >= 4 is 23.3 Å². The van der Waals surface area contributed by atoms with Crippen molar-refractivity contribution in [3.05, 3.63) is 48.0 Å². The molecule has 0 atom stereocenters. The molecule has 0 aliphatic heterocycles. The highest BCUT2D eigenvalue weighted by atomic mass is 16.5. The Morgan fingerprint density at radius 2 is 1.74 bits per heavy atom. The largest absolute Gasteiger partial charge is 0.497 e. The second kappa shape index (κ2) is 8.44. The molecule has 3 rings (SSSR count). The summed E-state index contributed by atoms with van der Waals surface area (Å²) >= 11 is 0. The first-order chi connectivity index (χ1) is 13.1. The van der Waals surface area contributed by atoms with E-state index in [-0.39, 0.29) is 5.91 Å². The Morgan fingerprint density at radius 3 is 2.37 bits per heavy atom. The third kappa shape index (κ3) is 5.37. The lowest BCUT2D eigenvalue weighted by molar-refractivity contribution is -0.120. The van der Waals surface area contributed by atoms with Crippen LogP contribution in [0.5, 0.6) is 11.5 Å². The fourth-order valence-electron chi connectivity index (χ4n) is 2.58. The van der Waals surface area contributed by atoms with Gasteiger partial charge in [0, 0.05) is 17.8 Å². The minimum absolute atomic E-state index is 0.0301. The summed E-state index contributed by atoms with van der Waals surface area (Å²) in [4.78, 5) is 24.0. The summed E-state index contributed by atoms with van der Waals surface area (Å²) in [5, 5.41) is 8.45. The fourth-order valence-corrected chi connectivity index (χ4v) is 2.58. The van der Waals surface area contributed by atoms with Gasteiger partial charge in [0.15, 0.2) is 0 Å². The summed E-state index contributed by atoms with van der Waals surface area (Å²) in [5.41, 5.74) is 2.06. The van der Waals surface area contributed by atoms with Crippen LogP contribution in [0.3, 0.4) is 0 Å². The highest BCUT2D eigenvalue weighted by Gasteiger charge is 2.23. The standard InChI is InChI=1S/C20H23N3O4/c1-26-16-9-10-17(18(12-16)27-2)23-20(25)22-15-5-3-13(4-6-15)11-19(24)21-14-7-8-14/h3-6,9-10,12,14H,7-8,11H2,1-2H3,(H,21,24)(H2,22,23,25). The number of hydrogen-bond acceptors (Lipinski definition) is 4. The molecule has 3 amide bonds. The summed E-state index contributed by atoms with van der Waals surface area (Å²) in [6.45, 7) is 0. The Morgan fingerprint density at radius 1 is 1.00 bits per heavy atom. The van der Waals surface area contributed by atoms with Crippen LogP contribution in [0.1, 0.15) is 18.4 Å². The maximum absolute atomic E-state index is 12.2. The molecular weight excluding hydrogens is 346 g/mol. The topological polar surface area (TPSA) is 88.7 Å². The third-order valence-corrected chi connectivity index (χ3v) is 4.18. The van der Waals surface area contributed by atoms with Crippen molar-refractivity contribution in [1.29, 1.82) is 0 Å². The number of carbonyl (C=O) groups is 2. The SMILES string of the molecule is COc1ccc(NC(=O)Nc2ccc(CC(=O)NC3CC3)cc2)c(OC)c1. The molecule has 7 heteroatoms. The number of rotatable bonds is 7. The number of hydrogen-bond donors (Lipinski definition) is 3. The average Bonchev–Trinajstić information content (AvgIpc) is 3.47. The van der Waals surface area contributed by atoms with Gasteiger partial charge in [-0.1, -0.05) is 12.1 Å². The van der Waals surface area contributed by atoms with Gasteiger partial charge < -0.3 is 25.4 Å². The molecule has 1 saturated carbocycles. The van der Waals surface area contributed by atoms with Crippen LogP contribution in [-0.2, 0) is 11.2 Å². The van der Waals surface area contributed by atoms with Crippen LogP contribution >= 0.6 is 0 Å². The maximum atomic E-state index is 12.2. The highest BCUT2D eigenvalue weighted by Crippen LogP contribution is 2.29. The Hall–Kier alpha value is -3.22. The zero-order valence-electron chi connectivity index (χ0n) is 15.4. The summed E-state index contributed by atoms with van der Waals surface area (Å²) in [7, 11) is 3.09. The van der Waals surface area contributed by atoms with E-state index in [1.165, 1.54) is 7.11 Å². The fraction of sp³-hybridized carbons (Fsp3) is 0.300. The second-order valence-electron chi connectivity index (χ2n) is 6.36. The lowest BCUT2D eigenvalue weighted by Gasteiger charge is -2.12. The van der Waals surface area contributed by atoms with Gasteiger partial charge >= 0.3 is 6.03 Å². The van der Waals surface area contributed by atoms with Gasteiger partial charge in [-0.25, -0.2) is 4.79 Å². The lowest BCUT2D eigenvalue weighted by atomic mass is 10.1. The average molecular weight is 369 g/mol. The van der Waals surface area contributed by atoms with E-state index in [0.717, 1.165) is 18.4 Å². The van der Waals surface area contributed by atoms with E-state index in [1.54, 1.807) is 37.4 Å². The molecule has 0 spiro atoms. The van der Waals surface area contributed by atoms with Crippen LogP contribution in [0.15, 0.2) is 42.5 Å². The monoisotopic (exact) mass is 369 g/mol. The number of methoxy groups -OCH3 is 2. The predicted octanol–water partition coefficient (Wildman–Crippen LogP) is 3.17. The molecule has 0 aromatic heterocycles. The van der Waals surface area contributed by atoms with Gasteiger partial charge in [-0.15, -0.1) is 0 Å². The van der Waals surface area contributed by atoms with Crippen molar-refractivity contribution < 1.29 is 19.1 Å². The molecule has 3 N–H and O–H groups in total. The molecule has 0 saturated heterocycles. The Kier molecular flexibility index (Phi) is 5.80. The van der Waals surface area contributed by atoms with Crippen LogP contribution in [0.4, 0.5) is 16.2 Å². The summed E-state index contributed by atoms with van der Waals surface area (Å²) < 4.78 is 10.4. The second-order valence-corrected chi connectivity index (χ2v) is 6.36. The molecule has 0 unspecified atom stereocenters. The van der Waals surface area contributed by atoms with Crippen LogP contribution in [0.25, 0.3) is 0 Å². The Balaban J connectivity index is 1.55. The normalized spacial score (nSPS) is 12.8. The van der Waals surface area contributed by atoms with Crippen LogP contribution in [-0.4, -0.2) is 32.2 Å². The van der Waals surface area contributed by atoms with E-state index in [1.807, 2.05) is 12.1 Å². The minimum Gasteiger partial charge on any atom is -0.497 e. The molecule has 0 radical (unpaired) electrons. The number of nitrogens with one attached hydrogen (secondary N) is 3. The number of benzene rings is 2. The van der Waals surface area contributed by atoms with Crippen molar-refractivity contribution in [1.82, 2.24) is 5.32 Å². The van der Waals surface area contributed by atoms with E-state index >= 15 is 0 Å². The Bertz CT molecular complexity index is 816. The van der Waals surface area contributed by atoms with E-state index in [0.29, 0.717) is 35.3 Å². The quantitative estimate of drug-likeness (QED) is 0.699. The molecule has 1 aliphatic rings. The molecule has 0 bridgehead atoms. The Labute approximate surface area is 158 Å². The molecule has 2 aromatic rings. The van der Waals surface area contributed by atoms with Crippen molar-refractivity contribution in [3.8, 4) is 11.5 Å². The van der Waals surface area contributed by atoms with Gasteiger partial charge in [-0.2, -0.15) is 0 Å².